The van der Waals surface area contributed by atoms with Crippen LogP contribution in [0.2, 0.25) is 0 Å². The molecule has 6 nitrogen and oxygen atoms in total. The smallest absolute Gasteiger partial charge is 0.344 e. The number of anilines is 1. The average molecular weight is 397 g/mol. The van der Waals surface area contributed by atoms with Crippen LogP contribution < -0.4 is 14.8 Å². The molecule has 0 aliphatic heterocycles. The van der Waals surface area contributed by atoms with Gasteiger partial charge in [-0.1, -0.05) is 23.9 Å². The molecule has 2 aromatic rings. The van der Waals surface area contributed by atoms with E-state index >= 15 is 0 Å². The highest BCUT2D eigenvalue weighted by Gasteiger charge is 2.11. The number of benzene rings is 2. The molecular weight excluding hydrogens is 380 g/mol. The van der Waals surface area contributed by atoms with Gasteiger partial charge in [0.1, 0.15) is 0 Å². The number of methoxy groups -OCH3 is 1. The quantitative estimate of drug-likeness (QED) is 0.515. The van der Waals surface area contributed by atoms with Crippen molar-refractivity contribution in [2.75, 3.05) is 25.6 Å². The zero-order valence-corrected chi connectivity index (χ0v) is 15.1. The number of hydrogen-bond donors (Lipinski definition) is 1. The van der Waals surface area contributed by atoms with E-state index in [-0.39, 0.29) is 6.61 Å². The van der Waals surface area contributed by atoms with Crippen molar-refractivity contribution in [3.63, 3.8) is 0 Å². The monoisotopic (exact) mass is 397 g/mol. The van der Waals surface area contributed by atoms with Gasteiger partial charge in [0.05, 0.1) is 7.11 Å². The van der Waals surface area contributed by atoms with E-state index in [1.54, 1.807) is 24.3 Å². The van der Waals surface area contributed by atoms with E-state index in [0.717, 1.165) is 0 Å². The number of thioether (sulfide) groups is 1. The Kier molecular flexibility index (Phi) is 7.87. The van der Waals surface area contributed by atoms with Crippen LogP contribution in [0.5, 0.6) is 11.5 Å². The number of hydrogen-bond acceptors (Lipinski definition) is 6. The van der Waals surface area contributed by atoms with Gasteiger partial charge in [-0.25, -0.2) is 4.79 Å². The molecule has 1 N–H and O–H groups in total. The summed E-state index contributed by atoms with van der Waals surface area (Å²) < 4.78 is 39.7. The van der Waals surface area contributed by atoms with Crippen molar-refractivity contribution in [1.29, 1.82) is 0 Å². The number of carbonyl (C=O) groups excluding carboxylic acids is 2. The minimum absolute atomic E-state index is 0.378. The first-order valence-electron chi connectivity index (χ1n) is 7.74. The lowest BCUT2D eigenvalue weighted by atomic mass is 10.3. The molecule has 0 heterocycles. The fourth-order valence-corrected chi connectivity index (χ4v) is 2.48. The number of rotatable bonds is 9. The highest BCUT2D eigenvalue weighted by atomic mass is 32.2. The third-order valence-corrected chi connectivity index (χ3v) is 3.86. The van der Waals surface area contributed by atoms with Gasteiger partial charge in [-0.05, 0) is 36.4 Å². The Hall–Kier alpha value is -2.81. The number of carbonyl (C=O) groups is 2. The Morgan fingerprint density at radius 2 is 1.70 bits per heavy atom. The van der Waals surface area contributed by atoms with Crippen molar-refractivity contribution in [2.24, 2.45) is 0 Å². The summed E-state index contributed by atoms with van der Waals surface area (Å²) in [5.41, 5.74) is 0.403. The molecule has 9 heteroatoms. The molecule has 0 saturated heterocycles. The zero-order chi connectivity index (χ0) is 19.6. The van der Waals surface area contributed by atoms with Gasteiger partial charge in [0.2, 0.25) is 0 Å². The summed E-state index contributed by atoms with van der Waals surface area (Å²) in [5.74, 6) is -2.95. The van der Waals surface area contributed by atoms with Crippen molar-refractivity contribution in [3.05, 3.63) is 48.5 Å². The van der Waals surface area contributed by atoms with Gasteiger partial charge in [0.25, 0.3) is 11.7 Å². The SMILES string of the molecule is COc1ccccc1OCC(=O)OCC(=O)Nc1ccc(SC(F)F)cc1. The summed E-state index contributed by atoms with van der Waals surface area (Å²) in [6, 6.07) is 12.7. The van der Waals surface area contributed by atoms with Crippen LogP contribution in [0.4, 0.5) is 14.5 Å². The molecule has 0 radical (unpaired) electrons. The molecule has 0 unspecified atom stereocenters. The number of nitrogens with one attached hydrogen (secondary N) is 1. The highest BCUT2D eigenvalue weighted by Crippen LogP contribution is 2.26. The van der Waals surface area contributed by atoms with E-state index in [1.807, 2.05) is 0 Å². The fourth-order valence-electron chi connectivity index (χ4n) is 1.98. The second-order valence-corrected chi connectivity index (χ2v) is 6.11. The molecule has 0 spiro atoms. The van der Waals surface area contributed by atoms with Crippen LogP contribution in [0.25, 0.3) is 0 Å². The number of ether oxygens (including phenoxy) is 3. The molecule has 0 aliphatic carbocycles. The Balaban J connectivity index is 1.74. The van der Waals surface area contributed by atoms with Crippen LogP contribution in [0.3, 0.4) is 0 Å². The Bertz CT molecular complexity index is 771. The van der Waals surface area contributed by atoms with Gasteiger partial charge in [0, 0.05) is 10.6 Å². The molecule has 2 rings (SSSR count). The Morgan fingerprint density at radius 3 is 2.33 bits per heavy atom. The first kappa shape index (κ1) is 20.5. The van der Waals surface area contributed by atoms with Crippen molar-refractivity contribution in [3.8, 4) is 11.5 Å². The number of para-hydroxylation sites is 2. The van der Waals surface area contributed by atoms with Gasteiger partial charge in [-0.15, -0.1) is 0 Å². The maximum atomic E-state index is 12.2. The average Bonchev–Trinajstić information content (AvgIpc) is 2.66. The highest BCUT2D eigenvalue weighted by molar-refractivity contribution is 7.99. The van der Waals surface area contributed by atoms with Gasteiger partial charge < -0.3 is 19.5 Å². The maximum absolute atomic E-state index is 12.2. The van der Waals surface area contributed by atoms with Crippen molar-refractivity contribution in [1.82, 2.24) is 0 Å². The molecule has 27 heavy (non-hydrogen) atoms. The molecule has 144 valence electrons. The molecule has 0 aliphatic rings. The van der Waals surface area contributed by atoms with E-state index in [0.29, 0.717) is 33.8 Å². The van der Waals surface area contributed by atoms with Crippen molar-refractivity contribution >= 4 is 29.3 Å². The number of halogens is 2. The number of alkyl halides is 2. The fraction of sp³-hybridized carbons (Fsp3) is 0.222. The van der Waals surface area contributed by atoms with E-state index < -0.39 is 24.2 Å². The lowest BCUT2D eigenvalue weighted by Gasteiger charge is -2.10. The summed E-state index contributed by atoms with van der Waals surface area (Å²) in [7, 11) is 1.48. The minimum Gasteiger partial charge on any atom is -0.493 e. The summed E-state index contributed by atoms with van der Waals surface area (Å²) >= 11 is 0.408. The van der Waals surface area contributed by atoms with Gasteiger partial charge >= 0.3 is 5.97 Å². The summed E-state index contributed by atoms with van der Waals surface area (Å²) in [5, 5.41) is 2.50. The molecule has 0 aromatic heterocycles. The maximum Gasteiger partial charge on any atom is 0.344 e. The molecule has 0 bridgehead atoms. The number of amides is 1. The largest absolute Gasteiger partial charge is 0.493 e. The third kappa shape index (κ3) is 7.14. The first-order valence-corrected chi connectivity index (χ1v) is 8.62. The normalized spacial score (nSPS) is 10.4. The van der Waals surface area contributed by atoms with Gasteiger partial charge in [-0.2, -0.15) is 8.78 Å². The summed E-state index contributed by atoms with van der Waals surface area (Å²) in [4.78, 5) is 23.8. The Labute approximate surface area is 158 Å². The van der Waals surface area contributed by atoms with Crippen molar-refractivity contribution < 1.29 is 32.6 Å². The van der Waals surface area contributed by atoms with E-state index in [2.05, 4.69) is 5.32 Å². The summed E-state index contributed by atoms with van der Waals surface area (Å²) in [6.07, 6.45) is 0. The van der Waals surface area contributed by atoms with Gasteiger partial charge in [0.15, 0.2) is 24.7 Å². The van der Waals surface area contributed by atoms with E-state index in [9.17, 15) is 18.4 Å². The van der Waals surface area contributed by atoms with Gasteiger partial charge in [-0.3, -0.25) is 4.79 Å². The second kappa shape index (κ2) is 10.4. The molecular formula is C18H17F2NO5S. The lowest BCUT2D eigenvalue weighted by molar-refractivity contribution is -0.149. The van der Waals surface area contributed by atoms with E-state index in [1.165, 1.54) is 31.4 Å². The third-order valence-electron chi connectivity index (χ3n) is 3.14. The molecule has 0 saturated carbocycles. The van der Waals surface area contributed by atoms with Crippen LogP contribution in [-0.4, -0.2) is 38.0 Å². The van der Waals surface area contributed by atoms with Crippen LogP contribution in [-0.2, 0) is 14.3 Å². The van der Waals surface area contributed by atoms with Crippen LogP contribution in [0.15, 0.2) is 53.4 Å². The minimum atomic E-state index is -2.51. The zero-order valence-electron chi connectivity index (χ0n) is 14.3. The van der Waals surface area contributed by atoms with Crippen LogP contribution in [0.1, 0.15) is 0 Å². The lowest BCUT2D eigenvalue weighted by Crippen LogP contribution is -2.23. The topological polar surface area (TPSA) is 73.9 Å². The first-order chi connectivity index (χ1) is 13.0. The molecule has 2 aromatic carbocycles. The van der Waals surface area contributed by atoms with E-state index in [4.69, 9.17) is 14.2 Å². The predicted octanol–water partition coefficient (Wildman–Crippen LogP) is 3.57. The molecule has 0 atom stereocenters. The Morgan fingerprint density at radius 1 is 1.04 bits per heavy atom. The second-order valence-electron chi connectivity index (χ2n) is 5.05. The van der Waals surface area contributed by atoms with Crippen molar-refractivity contribution in [2.45, 2.75) is 10.7 Å². The summed E-state index contributed by atoms with van der Waals surface area (Å²) in [6.45, 7) is -0.880. The molecule has 0 fully saturated rings. The number of esters is 1. The van der Waals surface area contributed by atoms with Crippen LogP contribution in [0, 0.1) is 0 Å². The standard InChI is InChI=1S/C18H17F2NO5S/c1-24-14-4-2-3-5-15(14)25-11-17(23)26-10-16(22)21-12-6-8-13(9-7-12)27-18(19)20/h2-9,18H,10-11H2,1H3,(H,21,22). The molecule has 1 amide bonds. The van der Waals surface area contributed by atoms with Crippen LogP contribution >= 0.6 is 11.8 Å². The predicted molar refractivity (Wildman–Crippen MR) is 96.4 cm³/mol.